The van der Waals surface area contributed by atoms with Crippen LogP contribution in [-0.2, 0) is 13.0 Å². The van der Waals surface area contributed by atoms with Crippen LogP contribution in [-0.4, -0.2) is 17.5 Å². The molecule has 0 aliphatic carbocycles. The van der Waals surface area contributed by atoms with Crippen molar-refractivity contribution in [3.05, 3.63) is 35.4 Å². The molecule has 1 N–H and O–H groups in total. The smallest absolute Gasteiger partial charge is 0.0205 e. The molecule has 0 bridgehead atoms. The molecule has 16 heavy (non-hydrogen) atoms. The summed E-state index contributed by atoms with van der Waals surface area (Å²) in [5, 5.41) is 4.42. The van der Waals surface area contributed by atoms with Gasteiger partial charge in [0.2, 0.25) is 0 Å². The van der Waals surface area contributed by atoms with Crippen LogP contribution in [0.1, 0.15) is 30.9 Å². The molecule has 0 radical (unpaired) electrons. The SMILES string of the molecule is CCc1ccc(CNCC2CCCS2)cc1. The highest BCUT2D eigenvalue weighted by Crippen LogP contribution is 2.25. The van der Waals surface area contributed by atoms with E-state index in [9.17, 15) is 0 Å². The van der Waals surface area contributed by atoms with Gasteiger partial charge in [0.05, 0.1) is 0 Å². The largest absolute Gasteiger partial charge is 0.312 e. The fourth-order valence-electron chi connectivity index (χ4n) is 2.08. The van der Waals surface area contributed by atoms with Crippen molar-refractivity contribution in [3.63, 3.8) is 0 Å². The van der Waals surface area contributed by atoms with Crippen molar-refractivity contribution in [1.29, 1.82) is 0 Å². The summed E-state index contributed by atoms with van der Waals surface area (Å²) in [6.07, 6.45) is 3.93. The number of hydrogen-bond acceptors (Lipinski definition) is 2. The standard InChI is InChI=1S/C14H21NS/c1-2-12-5-7-13(8-6-12)10-15-11-14-4-3-9-16-14/h5-8,14-15H,2-4,9-11H2,1H3. The number of hydrogen-bond donors (Lipinski definition) is 1. The van der Waals surface area contributed by atoms with Crippen LogP contribution in [0.5, 0.6) is 0 Å². The lowest BCUT2D eigenvalue weighted by Crippen LogP contribution is -2.22. The van der Waals surface area contributed by atoms with E-state index in [-0.39, 0.29) is 0 Å². The average Bonchev–Trinajstić information content (AvgIpc) is 2.83. The van der Waals surface area contributed by atoms with E-state index in [1.807, 2.05) is 0 Å². The number of aryl methyl sites for hydroxylation is 1. The molecular formula is C14H21NS. The molecule has 0 spiro atoms. The summed E-state index contributed by atoms with van der Waals surface area (Å²) in [4.78, 5) is 0. The Labute approximate surface area is 103 Å². The van der Waals surface area contributed by atoms with Crippen molar-refractivity contribution >= 4 is 11.8 Å². The first-order chi connectivity index (χ1) is 7.88. The van der Waals surface area contributed by atoms with Crippen molar-refractivity contribution in [3.8, 4) is 0 Å². The lowest BCUT2D eigenvalue weighted by Gasteiger charge is -2.10. The molecule has 0 amide bonds. The molecule has 88 valence electrons. The highest BCUT2D eigenvalue weighted by Gasteiger charge is 2.14. The van der Waals surface area contributed by atoms with Crippen LogP contribution in [0.25, 0.3) is 0 Å². The fourth-order valence-corrected chi connectivity index (χ4v) is 3.31. The normalized spacial score (nSPS) is 20.2. The van der Waals surface area contributed by atoms with Crippen molar-refractivity contribution in [2.45, 2.75) is 38.0 Å². The molecule has 1 aliphatic heterocycles. The molecule has 1 fully saturated rings. The fraction of sp³-hybridized carbons (Fsp3) is 0.571. The predicted octanol–water partition coefficient (Wildman–Crippen LogP) is 3.23. The monoisotopic (exact) mass is 235 g/mol. The summed E-state index contributed by atoms with van der Waals surface area (Å²) in [7, 11) is 0. The van der Waals surface area contributed by atoms with Crippen LogP contribution < -0.4 is 5.32 Å². The third-order valence-corrected chi connectivity index (χ3v) is 4.55. The van der Waals surface area contributed by atoms with Crippen molar-refractivity contribution in [2.24, 2.45) is 0 Å². The van der Waals surface area contributed by atoms with E-state index in [4.69, 9.17) is 0 Å². The summed E-state index contributed by atoms with van der Waals surface area (Å²) >= 11 is 2.12. The minimum atomic E-state index is 0.856. The van der Waals surface area contributed by atoms with Crippen molar-refractivity contribution in [2.75, 3.05) is 12.3 Å². The minimum Gasteiger partial charge on any atom is -0.312 e. The highest BCUT2D eigenvalue weighted by atomic mass is 32.2. The van der Waals surface area contributed by atoms with Gasteiger partial charge >= 0.3 is 0 Å². The highest BCUT2D eigenvalue weighted by molar-refractivity contribution is 8.00. The Morgan fingerprint density at radius 2 is 2.00 bits per heavy atom. The Morgan fingerprint density at radius 3 is 2.62 bits per heavy atom. The molecule has 2 rings (SSSR count). The molecule has 1 aromatic rings. The van der Waals surface area contributed by atoms with E-state index >= 15 is 0 Å². The summed E-state index contributed by atoms with van der Waals surface area (Å²) in [5.41, 5.74) is 2.83. The lowest BCUT2D eigenvalue weighted by molar-refractivity contribution is 0.646. The number of rotatable bonds is 5. The maximum Gasteiger partial charge on any atom is 0.0205 e. The summed E-state index contributed by atoms with van der Waals surface area (Å²) in [5.74, 6) is 1.36. The van der Waals surface area contributed by atoms with Gasteiger partial charge in [-0.25, -0.2) is 0 Å². The summed E-state index contributed by atoms with van der Waals surface area (Å²) < 4.78 is 0. The second kappa shape index (κ2) is 6.31. The number of benzene rings is 1. The van der Waals surface area contributed by atoms with Crippen LogP contribution in [0.2, 0.25) is 0 Å². The van der Waals surface area contributed by atoms with Gasteiger partial charge in [-0.15, -0.1) is 0 Å². The third kappa shape index (κ3) is 3.53. The van der Waals surface area contributed by atoms with Gasteiger partial charge in [0, 0.05) is 18.3 Å². The summed E-state index contributed by atoms with van der Waals surface area (Å²) in [6, 6.07) is 8.96. The quantitative estimate of drug-likeness (QED) is 0.841. The second-order valence-corrected chi connectivity index (χ2v) is 5.84. The van der Waals surface area contributed by atoms with E-state index in [0.717, 1.165) is 18.2 Å². The van der Waals surface area contributed by atoms with E-state index in [0.29, 0.717) is 0 Å². The van der Waals surface area contributed by atoms with Crippen LogP contribution in [0.3, 0.4) is 0 Å². The molecular weight excluding hydrogens is 214 g/mol. The zero-order valence-electron chi connectivity index (χ0n) is 10.0. The third-order valence-electron chi connectivity index (χ3n) is 3.16. The Kier molecular flexibility index (Phi) is 4.73. The van der Waals surface area contributed by atoms with Gasteiger partial charge in [0.25, 0.3) is 0 Å². The molecule has 0 saturated carbocycles. The van der Waals surface area contributed by atoms with Crippen LogP contribution in [0, 0.1) is 0 Å². The number of thioether (sulfide) groups is 1. The van der Waals surface area contributed by atoms with Gasteiger partial charge in [-0.1, -0.05) is 31.2 Å². The Morgan fingerprint density at radius 1 is 1.25 bits per heavy atom. The molecule has 1 heterocycles. The van der Waals surface area contributed by atoms with Crippen LogP contribution in [0.4, 0.5) is 0 Å². The second-order valence-electron chi connectivity index (χ2n) is 4.44. The zero-order valence-corrected chi connectivity index (χ0v) is 10.9. The first kappa shape index (κ1) is 12.0. The molecule has 1 aliphatic rings. The van der Waals surface area contributed by atoms with Gasteiger partial charge in [-0.2, -0.15) is 11.8 Å². The molecule has 1 aromatic carbocycles. The maximum absolute atomic E-state index is 3.56. The topological polar surface area (TPSA) is 12.0 Å². The maximum atomic E-state index is 3.56. The summed E-state index contributed by atoms with van der Waals surface area (Å²) in [6.45, 7) is 4.38. The molecule has 1 unspecified atom stereocenters. The van der Waals surface area contributed by atoms with Gasteiger partial charge in [-0.05, 0) is 36.1 Å². The minimum absolute atomic E-state index is 0.856. The van der Waals surface area contributed by atoms with Crippen LogP contribution in [0.15, 0.2) is 24.3 Å². The first-order valence-corrected chi connectivity index (χ1v) is 7.33. The first-order valence-electron chi connectivity index (χ1n) is 6.28. The van der Waals surface area contributed by atoms with Crippen molar-refractivity contribution < 1.29 is 0 Å². The van der Waals surface area contributed by atoms with Gasteiger partial charge in [0.15, 0.2) is 0 Å². The zero-order chi connectivity index (χ0) is 11.2. The van der Waals surface area contributed by atoms with Gasteiger partial charge in [0.1, 0.15) is 0 Å². The van der Waals surface area contributed by atoms with E-state index in [1.165, 1.54) is 36.3 Å². The molecule has 1 atom stereocenters. The molecule has 2 heteroatoms. The predicted molar refractivity (Wildman–Crippen MR) is 73.0 cm³/mol. The Hall–Kier alpha value is -0.470. The molecule has 1 saturated heterocycles. The Balaban J connectivity index is 1.71. The van der Waals surface area contributed by atoms with Gasteiger partial charge < -0.3 is 5.32 Å². The molecule has 0 aromatic heterocycles. The van der Waals surface area contributed by atoms with Gasteiger partial charge in [-0.3, -0.25) is 0 Å². The van der Waals surface area contributed by atoms with Crippen LogP contribution >= 0.6 is 11.8 Å². The van der Waals surface area contributed by atoms with Crippen molar-refractivity contribution in [1.82, 2.24) is 5.32 Å². The van der Waals surface area contributed by atoms with E-state index in [1.54, 1.807) is 0 Å². The molecule has 1 nitrogen and oxygen atoms in total. The number of nitrogens with one attached hydrogen (secondary N) is 1. The average molecular weight is 235 g/mol. The Bertz CT molecular complexity index is 301. The lowest BCUT2D eigenvalue weighted by atomic mass is 10.1. The van der Waals surface area contributed by atoms with E-state index in [2.05, 4.69) is 48.3 Å². The van der Waals surface area contributed by atoms with E-state index < -0.39 is 0 Å².